The fourth-order valence-corrected chi connectivity index (χ4v) is 1.46. The van der Waals surface area contributed by atoms with Gasteiger partial charge in [-0.3, -0.25) is 14.9 Å². The first-order valence-corrected chi connectivity index (χ1v) is 5.52. The minimum Gasteiger partial charge on any atom is -0.279 e. The van der Waals surface area contributed by atoms with Gasteiger partial charge in [0.1, 0.15) is 0 Å². The van der Waals surface area contributed by atoms with Crippen LogP contribution in [0.5, 0.6) is 0 Å². The smallest absolute Gasteiger partial charge is 0.269 e. The Morgan fingerprint density at radius 1 is 1.00 bits per heavy atom. The van der Waals surface area contributed by atoms with Crippen molar-refractivity contribution in [1.82, 2.24) is 0 Å². The van der Waals surface area contributed by atoms with Crippen LogP contribution in [-0.4, -0.2) is 10.7 Å². The number of nitrogens with zero attached hydrogens (tertiary/aromatic N) is 1. The molecule has 2 aromatic carbocycles. The lowest BCUT2D eigenvalue weighted by molar-refractivity contribution is -0.384. The predicted octanol–water partition coefficient (Wildman–Crippen LogP) is 2.83. The maximum atomic E-state index is 11.7. The standard InChI is InChI=1S/C15H9NO3/c17-15(13-4-2-1-3-5-13)11-8-12-6-9-14(10-7-12)16(18)19/h1-7,9-10H/i8+1. The Morgan fingerprint density at radius 2 is 1.63 bits per heavy atom. The van der Waals surface area contributed by atoms with Crippen LogP contribution < -0.4 is 0 Å². The van der Waals surface area contributed by atoms with E-state index in [0.29, 0.717) is 11.1 Å². The first-order valence-electron chi connectivity index (χ1n) is 5.52. The minimum absolute atomic E-state index is 0.0000593. The van der Waals surface area contributed by atoms with Crippen LogP contribution in [0.3, 0.4) is 0 Å². The predicted molar refractivity (Wildman–Crippen MR) is 70.7 cm³/mol. The van der Waals surface area contributed by atoms with E-state index in [1.165, 1.54) is 24.3 Å². The zero-order chi connectivity index (χ0) is 13.7. The van der Waals surface area contributed by atoms with Crippen molar-refractivity contribution in [3.8, 4) is 11.8 Å². The first kappa shape index (κ1) is 12.5. The summed E-state index contributed by atoms with van der Waals surface area (Å²) in [6.45, 7) is 0. The van der Waals surface area contributed by atoms with E-state index in [4.69, 9.17) is 0 Å². The molecule has 0 atom stereocenters. The topological polar surface area (TPSA) is 60.2 Å². The van der Waals surface area contributed by atoms with Gasteiger partial charge in [-0.15, -0.1) is 0 Å². The van der Waals surface area contributed by atoms with Crippen molar-refractivity contribution in [2.45, 2.75) is 0 Å². The van der Waals surface area contributed by atoms with Crippen LogP contribution in [-0.2, 0) is 0 Å². The summed E-state index contributed by atoms with van der Waals surface area (Å²) in [5.41, 5.74) is 1.09. The van der Waals surface area contributed by atoms with Gasteiger partial charge in [-0.25, -0.2) is 0 Å². The number of rotatable bonds is 2. The third-order valence-corrected chi connectivity index (χ3v) is 2.43. The number of nitro groups is 1. The van der Waals surface area contributed by atoms with Crippen molar-refractivity contribution >= 4 is 11.5 Å². The lowest BCUT2D eigenvalue weighted by Gasteiger charge is -1.92. The molecule has 0 heterocycles. The third-order valence-electron chi connectivity index (χ3n) is 2.43. The van der Waals surface area contributed by atoms with Crippen molar-refractivity contribution in [2.75, 3.05) is 0 Å². The second-order valence-electron chi connectivity index (χ2n) is 3.75. The van der Waals surface area contributed by atoms with Gasteiger partial charge in [0.05, 0.1) is 4.92 Å². The number of ketones is 1. The van der Waals surface area contributed by atoms with E-state index in [-0.39, 0.29) is 11.5 Å². The zero-order valence-electron chi connectivity index (χ0n) is 9.87. The van der Waals surface area contributed by atoms with Crippen LogP contribution in [0.2, 0.25) is 0 Å². The molecule has 0 unspecified atom stereocenters. The summed E-state index contributed by atoms with van der Waals surface area (Å²) < 4.78 is 0. The highest BCUT2D eigenvalue weighted by Gasteiger charge is 2.03. The molecule has 0 aromatic heterocycles. The summed E-state index contributed by atoms with van der Waals surface area (Å²) >= 11 is 0. The SMILES string of the molecule is O=C(C#[13C]c1ccc([N+](=O)[O-])cc1)c1ccccc1. The Labute approximate surface area is 109 Å². The van der Waals surface area contributed by atoms with Gasteiger partial charge in [0, 0.05) is 23.3 Å². The van der Waals surface area contributed by atoms with E-state index < -0.39 is 4.92 Å². The third kappa shape index (κ3) is 3.27. The Hall–Kier alpha value is -2.93. The quantitative estimate of drug-likeness (QED) is 0.271. The second-order valence-corrected chi connectivity index (χ2v) is 3.75. The summed E-state index contributed by atoms with van der Waals surface area (Å²) in [6, 6.07) is 14.5. The number of hydrogen-bond donors (Lipinski definition) is 0. The molecule has 4 nitrogen and oxygen atoms in total. The van der Waals surface area contributed by atoms with Gasteiger partial charge in [-0.1, -0.05) is 36.3 Å². The largest absolute Gasteiger partial charge is 0.279 e. The van der Waals surface area contributed by atoms with E-state index in [2.05, 4.69) is 11.8 Å². The number of carbonyl (C=O) groups excluding carboxylic acids is 1. The van der Waals surface area contributed by atoms with Crippen LogP contribution in [0.25, 0.3) is 0 Å². The van der Waals surface area contributed by atoms with E-state index in [9.17, 15) is 14.9 Å². The van der Waals surface area contributed by atoms with Gasteiger partial charge in [0.25, 0.3) is 5.69 Å². The molecule has 0 radical (unpaired) electrons. The van der Waals surface area contributed by atoms with Gasteiger partial charge in [-0.2, -0.15) is 0 Å². The molecule has 0 aliphatic carbocycles. The number of non-ortho nitro benzene ring substituents is 1. The van der Waals surface area contributed by atoms with Gasteiger partial charge in [0.15, 0.2) is 0 Å². The summed E-state index contributed by atoms with van der Waals surface area (Å²) in [7, 11) is 0. The van der Waals surface area contributed by atoms with Crippen LogP contribution >= 0.6 is 0 Å². The molecule has 0 aliphatic rings. The molecule has 92 valence electrons. The van der Waals surface area contributed by atoms with Crippen LogP contribution in [0.1, 0.15) is 15.9 Å². The number of hydrogen-bond acceptors (Lipinski definition) is 3. The van der Waals surface area contributed by atoms with Gasteiger partial charge in [0.2, 0.25) is 5.78 Å². The lowest BCUT2D eigenvalue weighted by atomic mass is 10.1. The van der Waals surface area contributed by atoms with Crippen LogP contribution in [0.4, 0.5) is 5.69 Å². The molecular weight excluding hydrogens is 243 g/mol. The van der Waals surface area contributed by atoms with Crippen molar-refractivity contribution < 1.29 is 9.72 Å². The summed E-state index contributed by atoms with van der Waals surface area (Å²) in [5, 5.41) is 10.5. The molecule has 0 spiro atoms. The van der Waals surface area contributed by atoms with Crippen molar-refractivity contribution in [2.24, 2.45) is 0 Å². The fourth-order valence-electron chi connectivity index (χ4n) is 1.46. The molecule has 2 aromatic rings. The van der Waals surface area contributed by atoms with Gasteiger partial charge in [-0.05, 0) is 18.1 Å². The van der Waals surface area contributed by atoms with Crippen LogP contribution in [0, 0.1) is 22.0 Å². The molecule has 0 amide bonds. The molecule has 2 rings (SSSR count). The second kappa shape index (κ2) is 5.61. The summed E-state index contributed by atoms with van der Waals surface area (Å²) in [5.74, 6) is 4.91. The summed E-state index contributed by atoms with van der Waals surface area (Å²) in [6.07, 6.45) is 0. The van der Waals surface area contributed by atoms with Gasteiger partial charge < -0.3 is 0 Å². The Morgan fingerprint density at radius 3 is 2.21 bits per heavy atom. The average molecular weight is 252 g/mol. The summed E-state index contributed by atoms with van der Waals surface area (Å²) in [4.78, 5) is 21.7. The monoisotopic (exact) mass is 252 g/mol. The molecule has 4 heteroatoms. The molecule has 0 N–H and O–H groups in total. The highest BCUT2D eigenvalue weighted by Crippen LogP contribution is 2.11. The maximum Gasteiger partial charge on any atom is 0.269 e. The molecule has 0 fully saturated rings. The number of nitro benzene ring substituents is 1. The maximum absolute atomic E-state index is 11.7. The Kier molecular flexibility index (Phi) is 3.70. The number of carbonyl (C=O) groups is 1. The van der Waals surface area contributed by atoms with Crippen molar-refractivity contribution in [3.63, 3.8) is 0 Å². The van der Waals surface area contributed by atoms with Crippen molar-refractivity contribution in [1.29, 1.82) is 0 Å². The normalized spacial score (nSPS) is 9.26. The van der Waals surface area contributed by atoms with Crippen LogP contribution in [0.15, 0.2) is 54.6 Å². The van der Waals surface area contributed by atoms with E-state index in [1.54, 1.807) is 24.3 Å². The molecule has 19 heavy (non-hydrogen) atoms. The Balaban J connectivity index is 2.16. The van der Waals surface area contributed by atoms with E-state index in [0.717, 1.165) is 0 Å². The van der Waals surface area contributed by atoms with Gasteiger partial charge >= 0.3 is 0 Å². The average Bonchev–Trinajstić information content (AvgIpc) is 2.46. The first-order chi connectivity index (χ1) is 9.16. The number of benzene rings is 2. The number of Topliss-reactive ketones (excluding diaryl/α,β-unsaturated/α-hetero) is 1. The highest BCUT2D eigenvalue weighted by atomic mass is 16.6. The molecule has 0 bridgehead atoms. The molecule has 0 aliphatic heterocycles. The minimum atomic E-state index is -0.480. The fraction of sp³-hybridized carbons (Fsp3) is 0. The van der Waals surface area contributed by atoms with E-state index in [1.807, 2.05) is 6.07 Å². The molecule has 0 saturated carbocycles. The molecular formula is C15H9NO3. The highest BCUT2D eigenvalue weighted by molar-refractivity contribution is 6.09. The lowest BCUT2D eigenvalue weighted by Crippen LogP contribution is -1.93. The Bertz CT molecular complexity index is 664. The van der Waals surface area contributed by atoms with E-state index >= 15 is 0 Å². The molecule has 0 saturated heterocycles. The zero-order valence-corrected chi connectivity index (χ0v) is 9.87. The van der Waals surface area contributed by atoms with Crippen molar-refractivity contribution in [3.05, 3.63) is 75.8 Å².